The highest BCUT2D eigenvalue weighted by molar-refractivity contribution is 9.10. The van der Waals surface area contributed by atoms with E-state index in [0.29, 0.717) is 18.3 Å². The lowest BCUT2D eigenvalue weighted by Gasteiger charge is -2.27. The van der Waals surface area contributed by atoms with Gasteiger partial charge >= 0.3 is 6.03 Å². The van der Waals surface area contributed by atoms with Gasteiger partial charge in [-0.05, 0) is 72.2 Å². The molecule has 3 N–H and O–H groups in total. The van der Waals surface area contributed by atoms with E-state index < -0.39 is 6.10 Å². The molecule has 40 heavy (non-hydrogen) atoms. The molecule has 208 valence electrons. The van der Waals surface area contributed by atoms with Crippen molar-refractivity contribution in [3.05, 3.63) is 105 Å². The van der Waals surface area contributed by atoms with Crippen LogP contribution in [0.3, 0.4) is 0 Å². The molecule has 8 nitrogen and oxygen atoms in total. The third kappa shape index (κ3) is 7.14. The zero-order valence-corrected chi connectivity index (χ0v) is 24.2. The Hall–Kier alpha value is -3.56. The van der Waals surface area contributed by atoms with Crippen molar-refractivity contribution in [1.82, 2.24) is 25.9 Å². The Labute approximate surface area is 243 Å². The van der Waals surface area contributed by atoms with Gasteiger partial charge in [-0.25, -0.2) is 4.79 Å². The van der Waals surface area contributed by atoms with Crippen molar-refractivity contribution in [2.24, 2.45) is 0 Å². The lowest BCUT2D eigenvalue weighted by atomic mass is 9.84. The number of urea groups is 1. The molecule has 1 fully saturated rings. The molecule has 1 aliphatic carbocycles. The van der Waals surface area contributed by atoms with Crippen LogP contribution in [0.5, 0.6) is 0 Å². The van der Waals surface area contributed by atoms with E-state index >= 15 is 0 Å². The molecular formula is C31H35BrN6O2. The summed E-state index contributed by atoms with van der Waals surface area (Å²) in [7, 11) is 0. The maximum atomic E-state index is 13.7. The molecule has 2 atom stereocenters. The molecule has 5 rings (SSSR count). The molecule has 1 aromatic heterocycles. The van der Waals surface area contributed by atoms with E-state index in [4.69, 9.17) is 0 Å². The molecule has 1 saturated carbocycles. The number of hydrogen-bond donors (Lipinski definition) is 3. The van der Waals surface area contributed by atoms with Crippen LogP contribution in [0.2, 0.25) is 0 Å². The van der Waals surface area contributed by atoms with Gasteiger partial charge in [-0.15, -0.1) is 10.2 Å². The van der Waals surface area contributed by atoms with Crippen molar-refractivity contribution < 1.29 is 9.90 Å². The van der Waals surface area contributed by atoms with Gasteiger partial charge in [-0.1, -0.05) is 88.9 Å². The average Bonchev–Trinajstić information content (AvgIpc) is 3.50. The summed E-state index contributed by atoms with van der Waals surface area (Å²) in [4.78, 5) is 15.5. The van der Waals surface area contributed by atoms with E-state index in [9.17, 15) is 9.90 Å². The summed E-state index contributed by atoms with van der Waals surface area (Å²) in [5.74, 6) is 1.06. The zero-order valence-electron chi connectivity index (χ0n) is 22.6. The van der Waals surface area contributed by atoms with Crippen LogP contribution in [0.15, 0.2) is 77.3 Å². The van der Waals surface area contributed by atoms with Crippen LogP contribution in [-0.4, -0.2) is 31.8 Å². The van der Waals surface area contributed by atoms with E-state index in [1.165, 1.54) is 37.7 Å². The van der Waals surface area contributed by atoms with E-state index in [1.807, 2.05) is 55.5 Å². The van der Waals surface area contributed by atoms with Gasteiger partial charge in [-0.3, -0.25) is 4.90 Å². The van der Waals surface area contributed by atoms with Gasteiger partial charge in [-0.2, -0.15) is 5.21 Å². The monoisotopic (exact) mass is 602 g/mol. The van der Waals surface area contributed by atoms with Crippen molar-refractivity contribution in [3.63, 3.8) is 0 Å². The summed E-state index contributed by atoms with van der Waals surface area (Å²) < 4.78 is 1.00. The van der Waals surface area contributed by atoms with Gasteiger partial charge in [0.1, 0.15) is 0 Å². The fraction of sp³-hybridized carbons (Fsp3) is 0.355. The van der Waals surface area contributed by atoms with Crippen LogP contribution < -0.4 is 10.2 Å². The highest BCUT2D eigenvalue weighted by Crippen LogP contribution is 2.33. The van der Waals surface area contributed by atoms with E-state index in [2.05, 4.69) is 66.1 Å². The average molecular weight is 604 g/mol. The Bertz CT molecular complexity index is 1350. The Balaban J connectivity index is 1.33. The maximum absolute atomic E-state index is 13.7. The first-order valence-corrected chi connectivity index (χ1v) is 14.7. The number of benzene rings is 3. The van der Waals surface area contributed by atoms with Crippen LogP contribution in [0.1, 0.15) is 85.2 Å². The number of nitrogens with one attached hydrogen (secondary N) is 2. The van der Waals surface area contributed by atoms with E-state index in [1.54, 1.807) is 4.90 Å². The van der Waals surface area contributed by atoms with Gasteiger partial charge in [0.05, 0.1) is 18.7 Å². The maximum Gasteiger partial charge on any atom is 0.322 e. The van der Waals surface area contributed by atoms with Crippen LogP contribution >= 0.6 is 15.9 Å². The van der Waals surface area contributed by atoms with Gasteiger partial charge < -0.3 is 10.4 Å². The molecular weight excluding hydrogens is 568 g/mol. The SMILES string of the molecule is C[C@H](NC(=O)N(Cc1ccc([C@H](O)Cc2nn[nH]n2)cc1)c1ccc(C2CCCCC2)cc1)c1ccc(Br)cc1. The number of carbonyl (C=O) groups is 1. The fourth-order valence-corrected chi connectivity index (χ4v) is 5.59. The predicted molar refractivity (Wildman–Crippen MR) is 159 cm³/mol. The van der Waals surface area contributed by atoms with Crippen LogP contribution in [0, 0.1) is 0 Å². The summed E-state index contributed by atoms with van der Waals surface area (Å²) >= 11 is 3.48. The Morgan fingerprint density at radius 3 is 2.33 bits per heavy atom. The quantitative estimate of drug-likeness (QED) is 0.196. The Morgan fingerprint density at radius 1 is 1.00 bits per heavy atom. The molecule has 4 aromatic rings. The summed E-state index contributed by atoms with van der Waals surface area (Å²) in [6.07, 6.45) is 5.89. The summed E-state index contributed by atoms with van der Waals surface area (Å²) in [6.45, 7) is 2.38. The zero-order chi connectivity index (χ0) is 27.9. The first kappa shape index (κ1) is 28.0. The second-order valence-corrected chi connectivity index (χ2v) is 11.4. The lowest BCUT2D eigenvalue weighted by molar-refractivity contribution is 0.176. The molecule has 0 aliphatic heterocycles. The number of nitrogens with zero attached hydrogens (tertiary/aromatic N) is 4. The number of halogens is 1. The minimum Gasteiger partial charge on any atom is -0.388 e. The number of carbonyl (C=O) groups excluding carboxylic acids is 1. The number of tetrazole rings is 1. The molecule has 0 bridgehead atoms. The minimum atomic E-state index is -0.745. The number of aromatic amines is 1. The smallest absolute Gasteiger partial charge is 0.322 e. The van der Waals surface area contributed by atoms with Gasteiger partial charge in [0.2, 0.25) is 0 Å². The number of aliphatic hydroxyl groups excluding tert-OH is 1. The number of rotatable bonds is 9. The standard InChI is InChI=1S/C31H35BrN6O2/c1-21(23-11-15-27(32)16-12-23)33-31(40)38(28-17-13-25(14-18-28)24-5-3-2-4-6-24)20-22-7-9-26(10-8-22)29(39)19-30-34-36-37-35-30/h7-18,21,24,29,39H,2-6,19-20H2,1H3,(H,33,40)(H,34,35,36,37)/t21-,29+/m0/s1. The summed E-state index contributed by atoms with van der Waals surface area (Å²) in [6, 6.07) is 23.8. The number of hydrogen-bond acceptors (Lipinski definition) is 5. The van der Waals surface area contributed by atoms with Crippen molar-refractivity contribution >= 4 is 27.6 Å². The predicted octanol–water partition coefficient (Wildman–Crippen LogP) is 6.76. The third-order valence-electron chi connectivity index (χ3n) is 7.71. The van der Waals surface area contributed by atoms with E-state index in [0.717, 1.165) is 26.9 Å². The number of amides is 2. The van der Waals surface area contributed by atoms with Crippen molar-refractivity contribution in [1.29, 1.82) is 0 Å². The molecule has 0 spiro atoms. The van der Waals surface area contributed by atoms with Gasteiger partial charge in [0.15, 0.2) is 5.82 Å². The van der Waals surface area contributed by atoms with Crippen molar-refractivity contribution in [3.8, 4) is 0 Å². The molecule has 9 heteroatoms. The molecule has 1 aliphatic rings. The van der Waals surface area contributed by atoms with Crippen LogP contribution in [0.25, 0.3) is 0 Å². The molecule has 0 saturated heterocycles. The van der Waals surface area contributed by atoms with Crippen LogP contribution in [0.4, 0.5) is 10.5 Å². The van der Waals surface area contributed by atoms with Crippen LogP contribution in [-0.2, 0) is 13.0 Å². The lowest BCUT2D eigenvalue weighted by Crippen LogP contribution is -2.40. The fourth-order valence-electron chi connectivity index (χ4n) is 5.33. The van der Waals surface area contributed by atoms with Crippen molar-refractivity contribution in [2.45, 2.75) is 70.1 Å². The summed E-state index contributed by atoms with van der Waals surface area (Å²) in [5, 5.41) is 27.5. The third-order valence-corrected chi connectivity index (χ3v) is 8.24. The van der Waals surface area contributed by atoms with Gasteiger partial charge in [0.25, 0.3) is 0 Å². The number of aliphatic hydroxyl groups is 1. The first-order valence-electron chi connectivity index (χ1n) is 13.9. The highest BCUT2D eigenvalue weighted by atomic mass is 79.9. The molecule has 0 unspecified atom stereocenters. The van der Waals surface area contributed by atoms with Crippen molar-refractivity contribution in [2.75, 3.05) is 4.90 Å². The number of H-pyrrole nitrogens is 1. The molecule has 0 radical (unpaired) electrons. The topological polar surface area (TPSA) is 107 Å². The molecule has 1 heterocycles. The molecule has 3 aromatic carbocycles. The Kier molecular flexibility index (Phi) is 9.23. The summed E-state index contributed by atoms with van der Waals surface area (Å²) in [5.41, 5.74) is 4.95. The normalized spacial score (nSPS) is 15.4. The first-order chi connectivity index (χ1) is 19.5. The van der Waals surface area contributed by atoms with Gasteiger partial charge in [0, 0.05) is 16.6 Å². The largest absolute Gasteiger partial charge is 0.388 e. The second kappa shape index (κ2) is 13.2. The number of aromatic nitrogens is 4. The molecule has 2 amide bonds. The second-order valence-electron chi connectivity index (χ2n) is 10.5. The Morgan fingerprint density at radius 2 is 1.68 bits per heavy atom. The number of anilines is 1. The minimum absolute atomic E-state index is 0.160. The van der Waals surface area contributed by atoms with E-state index in [-0.39, 0.29) is 18.5 Å². The highest BCUT2D eigenvalue weighted by Gasteiger charge is 2.21.